The number of hydrogen-bond acceptors (Lipinski definition) is 10. The van der Waals surface area contributed by atoms with Crippen LogP contribution in [-0.2, 0) is 51.4 Å². The fourth-order valence-corrected chi connectivity index (χ4v) is 7.66. The van der Waals surface area contributed by atoms with E-state index < -0.39 is 61.5 Å². The van der Waals surface area contributed by atoms with Crippen molar-refractivity contribution in [2.45, 2.75) is 21.3 Å². The molecule has 0 saturated heterocycles. The molecule has 0 fully saturated rings. The lowest BCUT2D eigenvalue weighted by atomic mass is 10.1. The first-order valence-electron chi connectivity index (χ1n) is 14.1. The van der Waals surface area contributed by atoms with Gasteiger partial charge >= 0.3 is 0 Å². The summed E-state index contributed by atoms with van der Waals surface area (Å²) in [6.45, 7) is 0. The molecule has 14 nitrogen and oxygen atoms in total. The van der Waals surface area contributed by atoms with Gasteiger partial charge in [-0.2, -0.15) is 16.8 Å². The van der Waals surface area contributed by atoms with Gasteiger partial charge in [0, 0.05) is 35.0 Å². The topological polar surface area (TPSA) is 235 Å². The third-order valence-electron chi connectivity index (χ3n) is 6.83. The average Bonchev–Trinajstić information content (AvgIpc) is 2.99. The Kier molecular flexibility index (Phi) is 11.1. The van der Waals surface area contributed by atoms with Crippen LogP contribution in [0.15, 0.2) is 94.7 Å². The molecule has 0 bridgehead atoms. The number of sulfone groups is 2. The normalized spacial score (nSPS) is 12.5. The van der Waals surface area contributed by atoms with Crippen LogP contribution in [0.4, 0.5) is 11.4 Å². The van der Waals surface area contributed by atoms with E-state index >= 15 is 0 Å². The molecule has 4 N–H and O–H groups in total. The van der Waals surface area contributed by atoms with Crippen molar-refractivity contribution in [1.82, 2.24) is 0 Å². The minimum absolute atomic E-state index is 0.0243. The number of hydrogen-bond donors (Lipinski definition) is 4. The second-order valence-corrected chi connectivity index (χ2v) is 18.3. The van der Waals surface area contributed by atoms with Crippen molar-refractivity contribution in [3.63, 3.8) is 0 Å². The number of nitrogens with one attached hydrogen (secondary N) is 2. The standard InChI is InChI=1S/C32H30N2O12S4/c1-47(37,38)19-21-3-7-25(8-4-21)31(35)33-27-15-13-23(29(17-27)49(41,42)43)11-12-24-14-16-28(18-30(24)50(44,45)46)34-32(36)26-9-5-22(6-10-26)20-48(2,39)40/h3-18H,19-20H2,1-2H3,(H,33,35)(H,34,36)(H,41,42,43)(H,44,45,46)/b12-11+. The van der Waals surface area contributed by atoms with Gasteiger partial charge in [0.2, 0.25) is 0 Å². The quantitative estimate of drug-likeness (QED) is 0.119. The summed E-state index contributed by atoms with van der Waals surface area (Å²) in [6.07, 6.45) is 4.44. The molecule has 0 heterocycles. The molecule has 18 heteroatoms. The van der Waals surface area contributed by atoms with Gasteiger partial charge in [0.1, 0.15) is 9.79 Å². The first kappa shape index (κ1) is 38.1. The monoisotopic (exact) mass is 762 g/mol. The maximum Gasteiger partial charge on any atom is 0.295 e. The second kappa shape index (κ2) is 14.6. The van der Waals surface area contributed by atoms with E-state index in [9.17, 15) is 52.4 Å². The smallest absolute Gasteiger partial charge is 0.295 e. The average molecular weight is 763 g/mol. The van der Waals surface area contributed by atoms with Crippen molar-refractivity contribution < 1.29 is 52.4 Å². The number of amides is 2. The van der Waals surface area contributed by atoms with Gasteiger partial charge in [-0.05, 0) is 70.8 Å². The maximum absolute atomic E-state index is 12.8. The van der Waals surface area contributed by atoms with E-state index in [1.165, 1.54) is 72.8 Å². The lowest BCUT2D eigenvalue weighted by molar-refractivity contribution is 0.101. The fourth-order valence-electron chi connectivity index (χ4n) is 4.64. The van der Waals surface area contributed by atoms with E-state index in [0.29, 0.717) is 11.1 Å². The molecule has 4 rings (SSSR count). The first-order chi connectivity index (χ1) is 23.1. The van der Waals surface area contributed by atoms with Gasteiger partial charge in [0.15, 0.2) is 19.7 Å². The molecule has 50 heavy (non-hydrogen) atoms. The van der Waals surface area contributed by atoms with Gasteiger partial charge < -0.3 is 10.6 Å². The van der Waals surface area contributed by atoms with Gasteiger partial charge in [-0.3, -0.25) is 18.7 Å². The molecule has 0 aromatic heterocycles. The highest BCUT2D eigenvalue weighted by Gasteiger charge is 2.19. The molecule has 0 aliphatic rings. The highest BCUT2D eigenvalue weighted by molar-refractivity contribution is 7.90. The molecule has 0 radical (unpaired) electrons. The lowest BCUT2D eigenvalue weighted by Crippen LogP contribution is -2.13. The van der Waals surface area contributed by atoms with Crippen LogP contribution in [0.1, 0.15) is 43.0 Å². The van der Waals surface area contributed by atoms with Crippen LogP contribution in [0.25, 0.3) is 12.2 Å². The summed E-state index contributed by atoms with van der Waals surface area (Å²) in [5, 5.41) is 4.97. The van der Waals surface area contributed by atoms with E-state index in [0.717, 1.165) is 36.8 Å². The predicted octanol–water partition coefficient (Wildman–Crippen LogP) is 3.94. The van der Waals surface area contributed by atoms with Crippen LogP contribution in [0.5, 0.6) is 0 Å². The van der Waals surface area contributed by atoms with Gasteiger partial charge in [-0.15, -0.1) is 0 Å². The van der Waals surface area contributed by atoms with Crippen molar-refractivity contribution >= 4 is 75.3 Å². The van der Waals surface area contributed by atoms with Gasteiger partial charge in [0.25, 0.3) is 32.1 Å². The van der Waals surface area contributed by atoms with Crippen LogP contribution < -0.4 is 10.6 Å². The predicted molar refractivity (Wildman–Crippen MR) is 187 cm³/mol. The minimum atomic E-state index is -4.89. The number of anilines is 2. The fraction of sp³-hybridized carbons (Fsp3) is 0.125. The van der Waals surface area contributed by atoms with Gasteiger partial charge in [0.05, 0.1) is 11.5 Å². The van der Waals surface area contributed by atoms with Crippen molar-refractivity contribution in [2.75, 3.05) is 23.1 Å². The Morgan fingerprint density at radius 3 is 1.14 bits per heavy atom. The molecule has 2 amide bonds. The van der Waals surface area contributed by atoms with E-state index in [1.54, 1.807) is 0 Å². The summed E-state index contributed by atoms with van der Waals surface area (Å²) >= 11 is 0. The molecule has 0 aliphatic heterocycles. The summed E-state index contributed by atoms with van der Waals surface area (Å²) in [5.41, 5.74) is 0.913. The van der Waals surface area contributed by atoms with Crippen LogP contribution in [0.3, 0.4) is 0 Å². The largest absolute Gasteiger partial charge is 0.322 e. The van der Waals surface area contributed by atoms with E-state index in [4.69, 9.17) is 0 Å². The molecule has 0 atom stereocenters. The Labute approximate surface area is 289 Å². The molecule has 0 unspecified atom stereocenters. The van der Waals surface area contributed by atoms with E-state index in [2.05, 4.69) is 10.6 Å². The molecule has 0 spiro atoms. The zero-order valence-corrected chi connectivity index (χ0v) is 29.5. The van der Waals surface area contributed by atoms with Crippen molar-refractivity contribution in [2.24, 2.45) is 0 Å². The Morgan fingerprint density at radius 2 is 0.860 bits per heavy atom. The summed E-state index contributed by atoms with van der Waals surface area (Å²) < 4.78 is 115. The Morgan fingerprint density at radius 1 is 0.540 bits per heavy atom. The summed E-state index contributed by atoms with van der Waals surface area (Å²) in [6, 6.07) is 18.4. The zero-order valence-electron chi connectivity index (χ0n) is 26.3. The second-order valence-electron chi connectivity index (χ2n) is 11.2. The van der Waals surface area contributed by atoms with Crippen LogP contribution in [-0.4, -0.2) is 67.1 Å². The van der Waals surface area contributed by atoms with Crippen LogP contribution >= 0.6 is 0 Å². The molecule has 0 saturated carbocycles. The third kappa shape index (κ3) is 10.9. The van der Waals surface area contributed by atoms with Crippen molar-refractivity contribution in [3.05, 3.63) is 118 Å². The number of carbonyl (C=O) groups excluding carboxylic acids is 2. The highest BCUT2D eigenvalue weighted by atomic mass is 32.2. The minimum Gasteiger partial charge on any atom is -0.322 e. The summed E-state index contributed by atoms with van der Waals surface area (Å²) in [7, 11) is -16.4. The Balaban J connectivity index is 1.56. The van der Waals surface area contributed by atoms with Crippen LogP contribution in [0, 0.1) is 0 Å². The molecule has 4 aromatic rings. The lowest BCUT2D eigenvalue weighted by Gasteiger charge is -2.11. The molecule has 4 aromatic carbocycles. The van der Waals surface area contributed by atoms with Crippen LogP contribution in [0.2, 0.25) is 0 Å². The first-order valence-corrected chi connectivity index (χ1v) is 21.1. The maximum atomic E-state index is 12.8. The number of benzene rings is 4. The Bertz CT molecular complexity index is 2270. The highest BCUT2D eigenvalue weighted by Crippen LogP contribution is 2.27. The summed E-state index contributed by atoms with van der Waals surface area (Å²) in [4.78, 5) is 24.2. The third-order valence-corrected chi connectivity index (χ3v) is 10.4. The van der Waals surface area contributed by atoms with E-state index in [1.807, 2.05) is 0 Å². The van der Waals surface area contributed by atoms with Gasteiger partial charge in [-0.1, -0.05) is 48.6 Å². The molecular weight excluding hydrogens is 733 g/mol. The zero-order chi connectivity index (χ0) is 37.1. The Hall–Kier alpha value is -4.72. The molecule has 264 valence electrons. The van der Waals surface area contributed by atoms with Crippen molar-refractivity contribution in [3.8, 4) is 0 Å². The van der Waals surface area contributed by atoms with Gasteiger partial charge in [-0.25, -0.2) is 16.8 Å². The number of rotatable bonds is 12. The van der Waals surface area contributed by atoms with E-state index in [-0.39, 0.29) is 45.1 Å². The molecule has 0 aliphatic carbocycles. The van der Waals surface area contributed by atoms with Crippen molar-refractivity contribution in [1.29, 1.82) is 0 Å². The SMILES string of the molecule is CS(=O)(=O)Cc1ccc(C(=O)Nc2ccc(/C=C/c3ccc(NC(=O)c4ccc(CS(C)(=O)=O)cc4)cc3S(=O)(=O)O)c(S(=O)(=O)O)c2)cc1. The number of carbonyl (C=O) groups is 2. The summed E-state index contributed by atoms with van der Waals surface area (Å²) in [5.74, 6) is -1.76. The molecular formula is C32H30N2O12S4.